The second-order valence-corrected chi connectivity index (χ2v) is 9.62. The van der Waals surface area contributed by atoms with Gasteiger partial charge in [-0.2, -0.15) is 0 Å². The second-order valence-electron chi connectivity index (χ2n) is 7.62. The van der Waals surface area contributed by atoms with Crippen molar-refractivity contribution in [1.29, 1.82) is 0 Å². The van der Waals surface area contributed by atoms with E-state index < -0.39 is 0 Å². The Bertz CT molecular complexity index is 1290. The van der Waals surface area contributed by atoms with E-state index in [0.29, 0.717) is 18.0 Å². The van der Waals surface area contributed by atoms with Gasteiger partial charge in [0.05, 0.1) is 30.5 Å². The Hall–Kier alpha value is -3.43. The quantitative estimate of drug-likeness (QED) is 0.302. The fraction of sp³-hybridized carbons (Fsp3) is 0.231. The van der Waals surface area contributed by atoms with Crippen molar-refractivity contribution in [3.8, 4) is 32.6 Å². The Morgan fingerprint density at radius 1 is 1.03 bits per heavy atom. The van der Waals surface area contributed by atoms with Gasteiger partial charge in [-0.3, -0.25) is 4.79 Å². The summed E-state index contributed by atoms with van der Waals surface area (Å²) in [5, 5.41) is 13.2. The molecule has 0 aliphatic heterocycles. The maximum atomic E-state index is 12.3. The molecule has 0 spiro atoms. The van der Waals surface area contributed by atoms with Crippen LogP contribution in [0.1, 0.15) is 11.3 Å². The summed E-state index contributed by atoms with van der Waals surface area (Å²) in [6, 6.07) is 19.5. The first-order valence-electron chi connectivity index (χ1n) is 11.0. The SMILES string of the molecule is COc1cccc(-c2nc(C)c(-c3ccc(SCC(=O)NCCc4ccccc4OC)nn3)s2)c1. The maximum absolute atomic E-state index is 12.3. The molecular weight excluding hydrogens is 480 g/mol. The number of ether oxygens (including phenoxy) is 2. The molecule has 2 aromatic carbocycles. The fourth-order valence-corrected chi connectivity index (χ4v) is 5.14. The number of thioether (sulfide) groups is 1. The summed E-state index contributed by atoms with van der Waals surface area (Å²) in [6.07, 6.45) is 0.709. The number of hydrogen-bond donors (Lipinski definition) is 1. The zero-order valence-electron chi connectivity index (χ0n) is 19.8. The van der Waals surface area contributed by atoms with Gasteiger partial charge in [0.1, 0.15) is 27.2 Å². The maximum Gasteiger partial charge on any atom is 0.230 e. The van der Waals surface area contributed by atoms with Crippen LogP contribution in [0.2, 0.25) is 0 Å². The molecule has 9 heteroatoms. The Labute approximate surface area is 212 Å². The Balaban J connectivity index is 1.31. The highest BCUT2D eigenvalue weighted by atomic mass is 32.2. The van der Waals surface area contributed by atoms with Crippen LogP contribution in [0.25, 0.3) is 21.1 Å². The molecule has 0 saturated carbocycles. The number of para-hydroxylation sites is 1. The van der Waals surface area contributed by atoms with Gasteiger partial charge in [0.25, 0.3) is 0 Å². The number of aryl methyl sites for hydroxylation is 1. The summed E-state index contributed by atoms with van der Waals surface area (Å²) in [5.41, 5.74) is 3.73. The molecule has 4 rings (SSSR count). The number of carbonyl (C=O) groups excluding carboxylic acids is 1. The summed E-state index contributed by atoms with van der Waals surface area (Å²) in [5.74, 6) is 1.86. The zero-order valence-corrected chi connectivity index (χ0v) is 21.4. The molecule has 180 valence electrons. The van der Waals surface area contributed by atoms with Crippen LogP contribution in [0.15, 0.2) is 65.7 Å². The molecule has 1 amide bonds. The number of nitrogens with zero attached hydrogens (tertiary/aromatic N) is 3. The van der Waals surface area contributed by atoms with E-state index in [9.17, 15) is 4.79 Å². The van der Waals surface area contributed by atoms with Crippen molar-refractivity contribution in [3.05, 3.63) is 71.9 Å². The van der Waals surface area contributed by atoms with Crippen molar-refractivity contribution >= 4 is 29.0 Å². The molecular formula is C26H26N4O3S2. The number of methoxy groups -OCH3 is 2. The van der Waals surface area contributed by atoms with E-state index in [1.807, 2.05) is 67.6 Å². The number of nitrogens with one attached hydrogen (secondary N) is 1. The molecule has 35 heavy (non-hydrogen) atoms. The molecule has 0 atom stereocenters. The van der Waals surface area contributed by atoms with Gasteiger partial charge in [0.15, 0.2) is 0 Å². The molecule has 0 fully saturated rings. The molecule has 2 heterocycles. The predicted octanol–water partition coefficient (Wildman–Crippen LogP) is 5.04. The smallest absolute Gasteiger partial charge is 0.230 e. The first kappa shape index (κ1) is 24.7. The summed E-state index contributed by atoms with van der Waals surface area (Å²) < 4.78 is 10.7. The minimum Gasteiger partial charge on any atom is -0.497 e. The fourth-order valence-electron chi connectivity index (χ4n) is 3.47. The first-order valence-corrected chi connectivity index (χ1v) is 12.8. The molecule has 0 unspecified atom stereocenters. The summed E-state index contributed by atoms with van der Waals surface area (Å²) in [4.78, 5) is 17.9. The van der Waals surface area contributed by atoms with E-state index >= 15 is 0 Å². The summed E-state index contributed by atoms with van der Waals surface area (Å²) in [7, 11) is 3.30. The van der Waals surface area contributed by atoms with Gasteiger partial charge in [-0.15, -0.1) is 21.5 Å². The summed E-state index contributed by atoms with van der Waals surface area (Å²) in [6.45, 7) is 2.51. The third kappa shape index (κ3) is 6.37. The van der Waals surface area contributed by atoms with Crippen LogP contribution >= 0.6 is 23.1 Å². The van der Waals surface area contributed by atoms with Crippen LogP contribution in [-0.2, 0) is 11.2 Å². The number of rotatable bonds is 10. The number of aromatic nitrogens is 3. The van der Waals surface area contributed by atoms with Crippen molar-refractivity contribution < 1.29 is 14.3 Å². The minimum absolute atomic E-state index is 0.0444. The normalized spacial score (nSPS) is 10.7. The van der Waals surface area contributed by atoms with E-state index in [2.05, 4.69) is 15.5 Å². The highest BCUT2D eigenvalue weighted by Crippen LogP contribution is 2.35. The van der Waals surface area contributed by atoms with E-state index in [-0.39, 0.29) is 11.7 Å². The highest BCUT2D eigenvalue weighted by molar-refractivity contribution is 7.99. The van der Waals surface area contributed by atoms with Crippen LogP contribution < -0.4 is 14.8 Å². The molecule has 0 aliphatic rings. The molecule has 2 aromatic heterocycles. The number of carbonyl (C=O) groups is 1. The van der Waals surface area contributed by atoms with E-state index in [4.69, 9.17) is 14.5 Å². The highest BCUT2D eigenvalue weighted by Gasteiger charge is 2.14. The average molecular weight is 507 g/mol. The number of amides is 1. The lowest BCUT2D eigenvalue weighted by Crippen LogP contribution is -2.27. The van der Waals surface area contributed by atoms with Gasteiger partial charge < -0.3 is 14.8 Å². The standard InChI is InChI=1S/C26H26N4O3S2/c1-17-25(35-26(28-17)19-8-6-9-20(15-19)32-2)21-11-12-24(30-29-21)34-16-23(31)27-14-13-18-7-4-5-10-22(18)33-3/h4-12,15H,13-14,16H2,1-3H3,(H,27,31). The number of benzene rings is 2. The second kappa shape index (κ2) is 11.8. The molecule has 0 radical (unpaired) electrons. The number of hydrogen-bond acceptors (Lipinski definition) is 8. The molecule has 0 bridgehead atoms. The third-order valence-electron chi connectivity index (χ3n) is 5.25. The van der Waals surface area contributed by atoms with Crippen LogP contribution in [0, 0.1) is 6.92 Å². The monoisotopic (exact) mass is 506 g/mol. The number of thiazole rings is 1. The lowest BCUT2D eigenvalue weighted by molar-refractivity contribution is -0.118. The van der Waals surface area contributed by atoms with Crippen molar-refractivity contribution in [3.63, 3.8) is 0 Å². The molecule has 0 aliphatic carbocycles. The van der Waals surface area contributed by atoms with Gasteiger partial charge in [0.2, 0.25) is 5.91 Å². The Morgan fingerprint density at radius 2 is 1.89 bits per heavy atom. The molecule has 1 N–H and O–H groups in total. The minimum atomic E-state index is -0.0444. The van der Waals surface area contributed by atoms with Crippen molar-refractivity contribution in [2.24, 2.45) is 0 Å². The van der Waals surface area contributed by atoms with Gasteiger partial charge in [0, 0.05) is 12.1 Å². The molecule has 7 nitrogen and oxygen atoms in total. The largest absolute Gasteiger partial charge is 0.497 e. The summed E-state index contributed by atoms with van der Waals surface area (Å²) >= 11 is 2.93. The first-order chi connectivity index (χ1) is 17.1. The van der Waals surface area contributed by atoms with Crippen molar-refractivity contribution in [1.82, 2.24) is 20.5 Å². The van der Waals surface area contributed by atoms with Gasteiger partial charge in [-0.1, -0.05) is 42.1 Å². The zero-order chi connectivity index (χ0) is 24.6. The Morgan fingerprint density at radius 3 is 2.66 bits per heavy atom. The van der Waals surface area contributed by atoms with Gasteiger partial charge >= 0.3 is 0 Å². The van der Waals surface area contributed by atoms with Crippen LogP contribution in [0.3, 0.4) is 0 Å². The average Bonchev–Trinajstić information content (AvgIpc) is 3.29. The molecule has 4 aromatic rings. The third-order valence-corrected chi connectivity index (χ3v) is 7.40. The van der Waals surface area contributed by atoms with E-state index in [1.54, 1.807) is 25.6 Å². The van der Waals surface area contributed by atoms with Crippen LogP contribution in [0.4, 0.5) is 0 Å². The molecule has 0 saturated heterocycles. The van der Waals surface area contributed by atoms with Gasteiger partial charge in [-0.05, 0) is 49.2 Å². The van der Waals surface area contributed by atoms with Crippen LogP contribution in [-0.4, -0.2) is 47.6 Å². The van der Waals surface area contributed by atoms with Crippen molar-refractivity contribution in [2.75, 3.05) is 26.5 Å². The Kier molecular flexibility index (Phi) is 8.33. The lowest BCUT2D eigenvalue weighted by Gasteiger charge is -2.09. The van der Waals surface area contributed by atoms with Gasteiger partial charge in [-0.25, -0.2) is 4.98 Å². The van der Waals surface area contributed by atoms with Crippen LogP contribution in [0.5, 0.6) is 11.5 Å². The van der Waals surface area contributed by atoms with E-state index in [1.165, 1.54) is 11.8 Å². The van der Waals surface area contributed by atoms with E-state index in [0.717, 1.165) is 43.9 Å². The lowest BCUT2D eigenvalue weighted by atomic mass is 10.1. The topological polar surface area (TPSA) is 86.2 Å². The predicted molar refractivity (Wildman–Crippen MR) is 140 cm³/mol. The van der Waals surface area contributed by atoms with Crippen molar-refractivity contribution in [2.45, 2.75) is 18.4 Å².